The number of nitrogens with zero attached hydrogens (tertiary/aromatic N) is 1. The summed E-state index contributed by atoms with van der Waals surface area (Å²) in [7, 11) is 0. The van der Waals surface area contributed by atoms with Gasteiger partial charge in [-0.15, -0.1) is 0 Å². The summed E-state index contributed by atoms with van der Waals surface area (Å²) in [6.45, 7) is 3.59. The fourth-order valence-corrected chi connectivity index (χ4v) is 3.05. The number of hydrogen-bond acceptors (Lipinski definition) is 2. The molecule has 1 fully saturated rings. The zero-order valence-corrected chi connectivity index (χ0v) is 11.4. The molecule has 4 heteroatoms. The van der Waals surface area contributed by atoms with Crippen molar-refractivity contribution in [3.63, 3.8) is 0 Å². The lowest BCUT2D eigenvalue weighted by atomic mass is 9.95. The highest BCUT2D eigenvalue weighted by Crippen LogP contribution is 2.30. The van der Waals surface area contributed by atoms with Gasteiger partial charge in [0.05, 0.1) is 0 Å². The zero-order valence-electron chi connectivity index (χ0n) is 11.4. The van der Waals surface area contributed by atoms with Crippen molar-refractivity contribution in [3.05, 3.63) is 35.4 Å². The minimum absolute atomic E-state index is 0.0136. The van der Waals surface area contributed by atoms with E-state index < -0.39 is 11.6 Å². The van der Waals surface area contributed by atoms with Crippen molar-refractivity contribution in [2.24, 2.45) is 5.73 Å². The minimum atomic E-state index is -0.801. The van der Waals surface area contributed by atoms with E-state index in [4.69, 9.17) is 5.73 Å². The van der Waals surface area contributed by atoms with Crippen LogP contribution in [0.1, 0.15) is 44.2 Å². The predicted octanol–water partition coefficient (Wildman–Crippen LogP) is 3.23. The summed E-state index contributed by atoms with van der Waals surface area (Å²) in [5.41, 5.74) is 6.66. The third-order valence-electron chi connectivity index (χ3n) is 4.10. The maximum absolute atomic E-state index is 13.4. The highest BCUT2D eigenvalue weighted by molar-refractivity contribution is 5.22. The molecule has 106 valence electrons. The fraction of sp³-hybridized carbons (Fsp3) is 0.600. The first-order valence-electron chi connectivity index (χ1n) is 7.08. The van der Waals surface area contributed by atoms with Crippen LogP contribution in [0.3, 0.4) is 0 Å². The van der Waals surface area contributed by atoms with E-state index in [9.17, 15) is 8.78 Å². The van der Waals surface area contributed by atoms with Gasteiger partial charge in [-0.25, -0.2) is 8.78 Å². The average Bonchev–Trinajstić information content (AvgIpc) is 2.44. The quantitative estimate of drug-likeness (QED) is 0.908. The van der Waals surface area contributed by atoms with Crippen molar-refractivity contribution in [2.45, 2.75) is 44.7 Å². The Bertz CT molecular complexity index is 423. The maximum Gasteiger partial charge on any atom is 0.159 e. The summed E-state index contributed by atoms with van der Waals surface area (Å²) in [6, 6.07) is 4.61. The van der Waals surface area contributed by atoms with Crippen LogP contribution in [0.2, 0.25) is 0 Å². The largest absolute Gasteiger partial charge is 0.329 e. The normalized spacial score (nSPS) is 22.4. The Morgan fingerprint density at radius 1 is 1.32 bits per heavy atom. The lowest BCUT2D eigenvalue weighted by Crippen LogP contribution is -2.44. The second-order valence-electron chi connectivity index (χ2n) is 5.22. The molecule has 0 amide bonds. The number of likely N-dealkylation sites (tertiary alicyclic amines) is 1. The summed E-state index contributed by atoms with van der Waals surface area (Å²) < 4.78 is 26.4. The van der Waals surface area contributed by atoms with Crippen LogP contribution in [0, 0.1) is 11.6 Å². The summed E-state index contributed by atoms with van der Waals surface area (Å²) in [5, 5.41) is 0. The summed E-state index contributed by atoms with van der Waals surface area (Å²) in [6.07, 6.45) is 4.62. The highest BCUT2D eigenvalue weighted by Gasteiger charge is 2.28. The molecule has 2 atom stereocenters. The summed E-state index contributed by atoms with van der Waals surface area (Å²) >= 11 is 0. The van der Waals surface area contributed by atoms with E-state index >= 15 is 0 Å². The van der Waals surface area contributed by atoms with Crippen LogP contribution in [0.4, 0.5) is 8.78 Å². The number of piperidine rings is 1. The van der Waals surface area contributed by atoms with Gasteiger partial charge in [-0.05, 0) is 43.5 Å². The Kier molecular flexibility index (Phi) is 4.88. The van der Waals surface area contributed by atoms with Gasteiger partial charge in [-0.2, -0.15) is 0 Å². The van der Waals surface area contributed by atoms with Gasteiger partial charge in [0.25, 0.3) is 0 Å². The monoisotopic (exact) mass is 268 g/mol. The van der Waals surface area contributed by atoms with Crippen molar-refractivity contribution in [3.8, 4) is 0 Å². The topological polar surface area (TPSA) is 29.3 Å². The molecule has 0 aliphatic carbocycles. The maximum atomic E-state index is 13.4. The van der Waals surface area contributed by atoms with Crippen molar-refractivity contribution in [1.29, 1.82) is 0 Å². The van der Waals surface area contributed by atoms with Gasteiger partial charge in [0.2, 0.25) is 0 Å². The lowest BCUT2D eigenvalue weighted by molar-refractivity contribution is 0.0947. The Labute approximate surface area is 113 Å². The molecule has 1 aromatic carbocycles. The molecule has 0 bridgehead atoms. The van der Waals surface area contributed by atoms with Crippen LogP contribution in [0.25, 0.3) is 0 Å². The van der Waals surface area contributed by atoms with E-state index in [1.807, 2.05) is 0 Å². The standard InChI is InChI=1S/C15H22F2N2/c1-2-12-5-3-4-8-19(12)15(10-18)11-6-7-13(16)14(17)9-11/h6-7,9,12,15H,2-5,8,10,18H2,1H3. The van der Waals surface area contributed by atoms with Crippen LogP contribution in [-0.2, 0) is 0 Å². The number of hydrogen-bond donors (Lipinski definition) is 1. The third kappa shape index (κ3) is 3.12. The number of nitrogens with two attached hydrogens (primary N) is 1. The molecule has 0 aromatic heterocycles. The first-order valence-corrected chi connectivity index (χ1v) is 7.08. The van der Waals surface area contributed by atoms with E-state index in [1.165, 1.54) is 18.6 Å². The Morgan fingerprint density at radius 2 is 2.11 bits per heavy atom. The number of rotatable bonds is 4. The van der Waals surface area contributed by atoms with E-state index in [0.717, 1.165) is 31.4 Å². The van der Waals surface area contributed by atoms with Gasteiger partial charge < -0.3 is 5.73 Å². The Hall–Kier alpha value is -1.00. The second kappa shape index (κ2) is 6.44. The number of halogens is 2. The van der Waals surface area contributed by atoms with Gasteiger partial charge >= 0.3 is 0 Å². The summed E-state index contributed by atoms with van der Waals surface area (Å²) in [4.78, 5) is 2.36. The van der Waals surface area contributed by atoms with Crippen LogP contribution in [-0.4, -0.2) is 24.0 Å². The van der Waals surface area contributed by atoms with E-state index in [-0.39, 0.29) is 6.04 Å². The third-order valence-corrected chi connectivity index (χ3v) is 4.10. The molecule has 0 radical (unpaired) electrons. The molecule has 1 aromatic rings. The van der Waals surface area contributed by atoms with Crippen molar-refractivity contribution < 1.29 is 8.78 Å². The SMILES string of the molecule is CCC1CCCCN1C(CN)c1ccc(F)c(F)c1. The first-order chi connectivity index (χ1) is 9.17. The molecule has 2 unspecified atom stereocenters. The fourth-order valence-electron chi connectivity index (χ4n) is 3.05. The van der Waals surface area contributed by atoms with E-state index in [1.54, 1.807) is 6.07 Å². The van der Waals surface area contributed by atoms with E-state index in [0.29, 0.717) is 12.6 Å². The van der Waals surface area contributed by atoms with Crippen molar-refractivity contribution >= 4 is 0 Å². The Morgan fingerprint density at radius 3 is 2.74 bits per heavy atom. The molecular weight excluding hydrogens is 246 g/mol. The average molecular weight is 268 g/mol. The Balaban J connectivity index is 2.24. The molecule has 2 N–H and O–H groups in total. The number of benzene rings is 1. The van der Waals surface area contributed by atoms with E-state index in [2.05, 4.69) is 11.8 Å². The van der Waals surface area contributed by atoms with Gasteiger partial charge in [0, 0.05) is 18.6 Å². The van der Waals surface area contributed by atoms with Crippen LogP contribution in [0.15, 0.2) is 18.2 Å². The van der Waals surface area contributed by atoms with Gasteiger partial charge in [-0.1, -0.05) is 19.4 Å². The van der Waals surface area contributed by atoms with Crippen molar-refractivity contribution in [1.82, 2.24) is 4.90 Å². The van der Waals surface area contributed by atoms with Gasteiger partial charge in [0.15, 0.2) is 11.6 Å². The summed E-state index contributed by atoms with van der Waals surface area (Å²) in [5.74, 6) is -1.59. The lowest BCUT2D eigenvalue weighted by Gasteiger charge is -2.40. The minimum Gasteiger partial charge on any atom is -0.329 e. The molecule has 1 heterocycles. The molecule has 19 heavy (non-hydrogen) atoms. The molecule has 1 aliphatic rings. The van der Waals surface area contributed by atoms with Crippen LogP contribution >= 0.6 is 0 Å². The molecule has 2 rings (SSSR count). The highest BCUT2D eigenvalue weighted by atomic mass is 19.2. The van der Waals surface area contributed by atoms with Crippen molar-refractivity contribution in [2.75, 3.05) is 13.1 Å². The second-order valence-corrected chi connectivity index (χ2v) is 5.22. The molecule has 1 aliphatic heterocycles. The van der Waals surface area contributed by atoms with Crippen LogP contribution in [0.5, 0.6) is 0 Å². The van der Waals surface area contributed by atoms with Gasteiger partial charge in [-0.3, -0.25) is 4.90 Å². The molecule has 0 spiro atoms. The van der Waals surface area contributed by atoms with Gasteiger partial charge in [0.1, 0.15) is 0 Å². The molecule has 0 saturated carbocycles. The predicted molar refractivity (Wildman–Crippen MR) is 72.8 cm³/mol. The smallest absolute Gasteiger partial charge is 0.159 e. The van der Waals surface area contributed by atoms with Crippen LogP contribution < -0.4 is 5.73 Å². The molecule has 2 nitrogen and oxygen atoms in total. The first kappa shape index (κ1) is 14.4. The zero-order chi connectivity index (χ0) is 13.8. The molecular formula is C15H22F2N2. The molecule has 1 saturated heterocycles.